The number of benzene rings is 3. The smallest absolute Gasteiger partial charge is 0.311 e. The second-order valence-corrected chi connectivity index (χ2v) is 8.83. The van der Waals surface area contributed by atoms with Crippen LogP contribution >= 0.6 is 15.9 Å². The number of halogens is 1. The Bertz CT molecular complexity index is 1220. The van der Waals surface area contributed by atoms with Crippen LogP contribution in [0.2, 0.25) is 0 Å². The summed E-state index contributed by atoms with van der Waals surface area (Å²) in [6, 6.07) is 17.3. The summed E-state index contributed by atoms with van der Waals surface area (Å²) in [5, 5.41) is 4.76. The van der Waals surface area contributed by atoms with E-state index in [9.17, 15) is 14.4 Å². The van der Waals surface area contributed by atoms with Crippen molar-refractivity contribution in [3.05, 3.63) is 70.2 Å². The van der Waals surface area contributed by atoms with Crippen molar-refractivity contribution < 1.29 is 19.1 Å². The molecule has 0 radical (unpaired) electrons. The Balaban J connectivity index is 1.38. The molecule has 3 aromatic rings. The lowest BCUT2D eigenvalue weighted by Crippen LogP contribution is -2.28. The molecule has 1 N–H and O–H groups in total. The number of carbonyl (C=O) groups is 3. The first kappa shape index (κ1) is 22.0. The van der Waals surface area contributed by atoms with Gasteiger partial charge in [0, 0.05) is 28.5 Å². The number of ether oxygens (including phenoxy) is 1. The number of nitrogens with one attached hydrogen (secondary N) is 1. The summed E-state index contributed by atoms with van der Waals surface area (Å²) in [6.07, 6.45) is 0.0642. The Morgan fingerprint density at radius 2 is 1.84 bits per heavy atom. The lowest BCUT2D eigenvalue weighted by molar-refractivity contribution is -0.151. The number of anilines is 2. The largest absolute Gasteiger partial charge is 0.455 e. The predicted molar refractivity (Wildman–Crippen MR) is 128 cm³/mol. The van der Waals surface area contributed by atoms with Crippen LogP contribution in [0.25, 0.3) is 10.8 Å². The standard InChI is InChI=1S/C25H23BrN2O4/c1-15-11-21(16(2)10-20(15)26)27-23(29)14-32-25(31)18-12-24(30)28(13-18)22-9-5-7-17-6-3-4-8-19(17)22/h3-11,18H,12-14H2,1-2H3,(H,27,29)/t18-/m0/s1. The molecule has 0 unspecified atom stereocenters. The highest BCUT2D eigenvalue weighted by molar-refractivity contribution is 9.10. The number of esters is 1. The van der Waals surface area contributed by atoms with Crippen molar-refractivity contribution in [1.82, 2.24) is 0 Å². The molecular weight excluding hydrogens is 472 g/mol. The average molecular weight is 495 g/mol. The van der Waals surface area contributed by atoms with Crippen LogP contribution in [0.3, 0.4) is 0 Å². The van der Waals surface area contributed by atoms with E-state index in [1.54, 1.807) is 4.90 Å². The fourth-order valence-corrected chi connectivity index (χ4v) is 4.36. The highest BCUT2D eigenvalue weighted by Crippen LogP contribution is 2.32. The first-order valence-electron chi connectivity index (χ1n) is 10.3. The molecule has 3 aromatic carbocycles. The molecule has 0 aromatic heterocycles. The molecule has 6 nitrogen and oxygen atoms in total. The van der Waals surface area contributed by atoms with Gasteiger partial charge in [0.2, 0.25) is 5.91 Å². The first-order valence-corrected chi connectivity index (χ1v) is 11.1. The van der Waals surface area contributed by atoms with Crippen molar-refractivity contribution in [2.75, 3.05) is 23.4 Å². The number of hydrogen-bond donors (Lipinski definition) is 1. The van der Waals surface area contributed by atoms with E-state index in [0.717, 1.165) is 32.1 Å². The van der Waals surface area contributed by atoms with E-state index >= 15 is 0 Å². The zero-order valence-electron chi connectivity index (χ0n) is 17.9. The third-order valence-corrected chi connectivity index (χ3v) is 6.50. The fraction of sp³-hybridized carbons (Fsp3) is 0.240. The summed E-state index contributed by atoms with van der Waals surface area (Å²) in [5.74, 6) is -1.70. The van der Waals surface area contributed by atoms with Gasteiger partial charge in [0.15, 0.2) is 6.61 Å². The SMILES string of the molecule is Cc1cc(NC(=O)COC(=O)[C@H]2CC(=O)N(c3cccc4ccccc34)C2)c(C)cc1Br. The van der Waals surface area contributed by atoms with Crippen molar-refractivity contribution in [2.24, 2.45) is 5.92 Å². The van der Waals surface area contributed by atoms with Crippen LogP contribution in [0.15, 0.2) is 59.1 Å². The molecule has 1 heterocycles. The first-order chi connectivity index (χ1) is 15.3. The van der Waals surface area contributed by atoms with E-state index in [1.165, 1.54) is 0 Å². The molecule has 0 aliphatic carbocycles. The van der Waals surface area contributed by atoms with Crippen LogP contribution in [0.1, 0.15) is 17.5 Å². The summed E-state index contributed by atoms with van der Waals surface area (Å²) in [7, 11) is 0. The molecule has 164 valence electrons. The average Bonchev–Trinajstić information content (AvgIpc) is 3.17. The van der Waals surface area contributed by atoms with E-state index in [0.29, 0.717) is 5.69 Å². The highest BCUT2D eigenvalue weighted by atomic mass is 79.9. The summed E-state index contributed by atoms with van der Waals surface area (Å²) < 4.78 is 6.19. The van der Waals surface area contributed by atoms with Gasteiger partial charge in [0.25, 0.3) is 5.91 Å². The van der Waals surface area contributed by atoms with Crippen molar-refractivity contribution in [3.8, 4) is 0 Å². The molecule has 4 rings (SSSR count). The Labute approximate surface area is 194 Å². The third kappa shape index (κ3) is 4.53. The van der Waals surface area contributed by atoms with Gasteiger partial charge < -0.3 is 15.0 Å². The topological polar surface area (TPSA) is 75.7 Å². The number of carbonyl (C=O) groups excluding carboxylic acids is 3. The number of rotatable bonds is 5. The highest BCUT2D eigenvalue weighted by Gasteiger charge is 2.36. The van der Waals surface area contributed by atoms with Gasteiger partial charge in [-0.1, -0.05) is 52.3 Å². The lowest BCUT2D eigenvalue weighted by atomic mass is 10.1. The van der Waals surface area contributed by atoms with E-state index in [2.05, 4.69) is 21.2 Å². The van der Waals surface area contributed by atoms with Gasteiger partial charge in [0.1, 0.15) is 0 Å². The zero-order valence-corrected chi connectivity index (χ0v) is 19.4. The van der Waals surface area contributed by atoms with E-state index < -0.39 is 24.4 Å². The van der Waals surface area contributed by atoms with Crippen molar-refractivity contribution in [1.29, 1.82) is 0 Å². The zero-order chi connectivity index (χ0) is 22.8. The number of hydrogen-bond acceptors (Lipinski definition) is 4. The van der Waals surface area contributed by atoms with Crippen LogP contribution in [0.4, 0.5) is 11.4 Å². The number of nitrogens with zero attached hydrogens (tertiary/aromatic N) is 1. The second kappa shape index (κ2) is 9.12. The Kier molecular flexibility index (Phi) is 6.28. The maximum absolute atomic E-state index is 12.6. The molecule has 0 saturated carbocycles. The van der Waals surface area contributed by atoms with Gasteiger partial charge in [-0.3, -0.25) is 14.4 Å². The Morgan fingerprint density at radius 1 is 1.09 bits per heavy atom. The van der Waals surface area contributed by atoms with Gasteiger partial charge in [0.05, 0.1) is 11.6 Å². The monoisotopic (exact) mass is 494 g/mol. The van der Waals surface area contributed by atoms with Gasteiger partial charge in [-0.05, 0) is 48.6 Å². The lowest BCUT2D eigenvalue weighted by Gasteiger charge is -2.19. The van der Waals surface area contributed by atoms with E-state index in [-0.39, 0.29) is 18.9 Å². The minimum absolute atomic E-state index is 0.0642. The normalized spacial score (nSPS) is 15.8. The number of amides is 2. The summed E-state index contributed by atoms with van der Waals surface area (Å²) in [5.41, 5.74) is 3.34. The molecule has 0 spiro atoms. The Hall–Kier alpha value is -3.19. The van der Waals surface area contributed by atoms with Gasteiger partial charge in [-0.2, -0.15) is 0 Å². The minimum atomic E-state index is -0.606. The molecule has 1 aliphatic heterocycles. The molecule has 0 bridgehead atoms. The summed E-state index contributed by atoms with van der Waals surface area (Å²) >= 11 is 3.46. The fourth-order valence-electron chi connectivity index (χ4n) is 3.90. The quantitative estimate of drug-likeness (QED) is 0.519. The Morgan fingerprint density at radius 3 is 2.66 bits per heavy atom. The molecule has 2 amide bonds. The van der Waals surface area contributed by atoms with Crippen LogP contribution in [0.5, 0.6) is 0 Å². The minimum Gasteiger partial charge on any atom is -0.455 e. The molecule has 32 heavy (non-hydrogen) atoms. The summed E-state index contributed by atoms with van der Waals surface area (Å²) in [6.45, 7) is 3.65. The van der Waals surface area contributed by atoms with Gasteiger partial charge >= 0.3 is 5.97 Å². The molecule has 1 fully saturated rings. The molecule has 7 heteroatoms. The maximum atomic E-state index is 12.6. The molecule has 1 atom stereocenters. The van der Waals surface area contributed by atoms with Crippen LogP contribution < -0.4 is 10.2 Å². The summed E-state index contributed by atoms with van der Waals surface area (Å²) in [4.78, 5) is 39.1. The predicted octanol–water partition coefficient (Wildman–Crippen LogP) is 4.75. The third-order valence-electron chi connectivity index (χ3n) is 5.64. The molecule has 1 aliphatic rings. The van der Waals surface area contributed by atoms with Crippen molar-refractivity contribution in [2.45, 2.75) is 20.3 Å². The number of aryl methyl sites for hydroxylation is 2. The molecule has 1 saturated heterocycles. The maximum Gasteiger partial charge on any atom is 0.311 e. The molecular formula is C25H23BrN2O4. The number of fused-ring (bicyclic) bond motifs is 1. The van der Waals surface area contributed by atoms with Crippen LogP contribution in [-0.2, 0) is 19.1 Å². The van der Waals surface area contributed by atoms with Crippen LogP contribution in [-0.4, -0.2) is 30.9 Å². The van der Waals surface area contributed by atoms with Gasteiger partial charge in [-0.25, -0.2) is 0 Å². The van der Waals surface area contributed by atoms with Crippen molar-refractivity contribution in [3.63, 3.8) is 0 Å². The van der Waals surface area contributed by atoms with E-state index in [1.807, 2.05) is 68.4 Å². The van der Waals surface area contributed by atoms with E-state index in [4.69, 9.17) is 4.74 Å². The second-order valence-electron chi connectivity index (χ2n) is 7.98. The van der Waals surface area contributed by atoms with Crippen LogP contribution in [0, 0.1) is 19.8 Å². The van der Waals surface area contributed by atoms with Gasteiger partial charge in [-0.15, -0.1) is 0 Å². The van der Waals surface area contributed by atoms with Crippen molar-refractivity contribution >= 4 is 55.9 Å².